The first-order valence-corrected chi connectivity index (χ1v) is 8.86. The lowest BCUT2D eigenvalue weighted by molar-refractivity contribution is -0.134. The third kappa shape index (κ3) is 5.07. The van der Waals surface area contributed by atoms with Gasteiger partial charge in [-0.25, -0.2) is 4.68 Å². The van der Waals surface area contributed by atoms with Gasteiger partial charge in [-0.1, -0.05) is 6.07 Å². The molecule has 0 radical (unpaired) electrons. The van der Waals surface area contributed by atoms with Gasteiger partial charge in [0.2, 0.25) is 11.8 Å². The lowest BCUT2D eigenvalue weighted by atomic mass is 10.1. The van der Waals surface area contributed by atoms with E-state index in [2.05, 4.69) is 25.8 Å². The number of nitrogens with one attached hydrogen (secondary N) is 1. The number of aliphatic hydroxyl groups excluding tert-OH is 1. The molecule has 2 heterocycles. The zero-order chi connectivity index (χ0) is 19.2. The number of pyridine rings is 1. The molecular formula is C17H23N7O3. The standard InChI is InChI=1S/C17H23N7O3/c1-23(7-5-13-4-2-3-6-18-13)17(27)12-8-14(15(25)9-12)20-16(26)10-24-11-19-21-22-24/h2-4,6,11-12,14-15,25H,5,7-10H2,1H3,(H,20,26)/t12-,14+,15+/m0/s1. The van der Waals surface area contributed by atoms with Crippen LogP contribution in [0, 0.1) is 5.92 Å². The molecule has 0 unspecified atom stereocenters. The Bertz CT molecular complexity index is 753. The Kier molecular flexibility index (Phi) is 6.07. The first kappa shape index (κ1) is 18.9. The smallest absolute Gasteiger partial charge is 0.242 e. The number of hydrogen-bond acceptors (Lipinski definition) is 7. The van der Waals surface area contributed by atoms with Crippen LogP contribution >= 0.6 is 0 Å². The number of carbonyl (C=O) groups excluding carboxylic acids is 2. The number of amides is 2. The van der Waals surface area contributed by atoms with Crippen molar-refractivity contribution in [2.75, 3.05) is 13.6 Å². The fraction of sp³-hybridized carbons (Fsp3) is 0.529. The average Bonchev–Trinajstić information content (AvgIpc) is 3.30. The second-order valence-electron chi connectivity index (χ2n) is 6.75. The van der Waals surface area contributed by atoms with E-state index in [0.29, 0.717) is 25.8 Å². The fourth-order valence-electron chi connectivity index (χ4n) is 3.27. The quantitative estimate of drug-likeness (QED) is 0.639. The summed E-state index contributed by atoms with van der Waals surface area (Å²) in [5.41, 5.74) is 0.927. The number of likely N-dealkylation sites (N-methyl/N-ethyl adjacent to an activating group) is 1. The van der Waals surface area contributed by atoms with Crippen LogP contribution in [-0.4, -0.2) is 72.8 Å². The second-order valence-corrected chi connectivity index (χ2v) is 6.75. The molecule has 1 aliphatic carbocycles. The molecule has 2 aromatic heterocycles. The van der Waals surface area contributed by atoms with E-state index in [4.69, 9.17) is 0 Å². The van der Waals surface area contributed by atoms with Crippen molar-refractivity contribution in [1.29, 1.82) is 0 Å². The highest BCUT2D eigenvalue weighted by Gasteiger charge is 2.38. The summed E-state index contributed by atoms with van der Waals surface area (Å²) in [6.45, 7) is 0.525. The summed E-state index contributed by atoms with van der Waals surface area (Å²) in [6, 6.07) is 5.24. The van der Waals surface area contributed by atoms with Crippen LogP contribution in [0.3, 0.4) is 0 Å². The molecule has 0 bridgehead atoms. The van der Waals surface area contributed by atoms with Gasteiger partial charge in [-0.15, -0.1) is 5.10 Å². The Morgan fingerprint density at radius 3 is 2.93 bits per heavy atom. The fourth-order valence-corrected chi connectivity index (χ4v) is 3.27. The molecule has 0 saturated heterocycles. The summed E-state index contributed by atoms with van der Waals surface area (Å²) in [6.07, 6.45) is 3.74. The highest BCUT2D eigenvalue weighted by Crippen LogP contribution is 2.27. The Balaban J connectivity index is 1.47. The van der Waals surface area contributed by atoms with Gasteiger partial charge in [-0.3, -0.25) is 14.6 Å². The predicted molar refractivity (Wildman–Crippen MR) is 94.1 cm³/mol. The van der Waals surface area contributed by atoms with E-state index < -0.39 is 12.1 Å². The maximum atomic E-state index is 12.7. The second kappa shape index (κ2) is 8.67. The lowest BCUT2D eigenvalue weighted by Crippen LogP contribution is -2.41. The van der Waals surface area contributed by atoms with Gasteiger partial charge in [0, 0.05) is 37.8 Å². The van der Waals surface area contributed by atoms with Gasteiger partial charge in [0.05, 0.1) is 12.1 Å². The average molecular weight is 373 g/mol. The van der Waals surface area contributed by atoms with Crippen LogP contribution < -0.4 is 5.32 Å². The molecule has 10 heteroatoms. The Morgan fingerprint density at radius 2 is 2.22 bits per heavy atom. The zero-order valence-electron chi connectivity index (χ0n) is 15.1. The van der Waals surface area contributed by atoms with Crippen LogP contribution in [0.25, 0.3) is 0 Å². The molecule has 1 fully saturated rings. The van der Waals surface area contributed by atoms with Gasteiger partial charge < -0.3 is 15.3 Å². The van der Waals surface area contributed by atoms with Crippen LogP contribution in [0.5, 0.6) is 0 Å². The van der Waals surface area contributed by atoms with Crippen molar-refractivity contribution in [2.45, 2.75) is 38.0 Å². The first-order valence-electron chi connectivity index (χ1n) is 8.86. The van der Waals surface area contributed by atoms with Crippen molar-refractivity contribution in [3.63, 3.8) is 0 Å². The van der Waals surface area contributed by atoms with Crippen molar-refractivity contribution in [3.05, 3.63) is 36.4 Å². The van der Waals surface area contributed by atoms with Crippen molar-refractivity contribution < 1.29 is 14.7 Å². The zero-order valence-corrected chi connectivity index (χ0v) is 15.1. The minimum atomic E-state index is -0.749. The Labute approximate surface area is 156 Å². The molecule has 27 heavy (non-hydrogen) atoms. The van der Waals surface area contributed by atoms with Crippen molar-refractivity contribution >= 4 is 11.8 Å². The van der Waals surface area contributed by atoms with E-state index in [-0.39, 0.29) is 24.3 Å². The van der Waals surface area contributed by atoms with Crippen LogP contribution in [0.2, 0.25) is 0 Å². The summed E-state index contributed by atoms with van der Waals surface area (Å²) >= 11 is 0. The summed E-state index contributed by atoms with van der Waals surface area (Å²) in [7, 11) is 1.75. The number of tetrazole rings is 1. The SMILES string of the molecule is CN(CCc1ccccn1)C(=O)[C@@H]1C[C@@H](O)[C@H](NC(=O)Cn2cnnn2)C1. The molecule has 2 aromatic rings. The summed E-state index contributed by atoms with van der Waals surface area (Å²) in [5.74, 6) is -0.641. The van der Waals surface area contributed by atoms with Gasteiger partial charge in [0.15, 0.2) is 0 Å². The van der Waals surface area contributed by atoms with Gasteiger partial charge in [0.25, 0.3) is 0 Å². The van der Waals surface area contributed by atoms with Crippen molar-refractivity contribution in [3.8, 4) is 0 Å². The number of hydrogen-bond donors (Lipinski definition) is 2. The lowest BCUT2D eigenvalue weighted by Gasteiger charge is -2.21. The molecule has 10 nitrogen and oxygen atoms in total. The maximum Gasteiger partial charge on any atom is 0.242 e. The van der Waals surface area contributed by atoms with Crippen LogP contribution in [-0.2, 0) is 22.6 Å². The molecule has 3 rings (SSSR count). The van der Waals surface area contributed by atoms with E-state index >= 15 is 0 Å². The van der Waals surface area contributed by atoms with Crippen molar-refractivity contribution in [2.24, 2.45) is 5.92 Å². The number of aromatic nitrogens is 5. The Hall–Kier alpha value is -2.88. The highest BCUT2D eigenvalue weighted by molar-refractivity contribution is 5.80. The molecule has 2 N–H and O–H groups in total. The normalized spacial score (nSPS) is 21.8. The van der Waals surface area contributed by atoms with Gasteiger partial charge in [-0.2, -0.15) is 0 Å². The molecule has 2 amide bonds. The molecular weight excluding hydrogens is 350 g/mol. The molecule has 0 aromatic carbocycles. The minimum absolute atomic E-state index is 0.0257. The third-order valence-corrected chi connectivity index (χ3v) is 4.73. The van der Waals surface area contributed by atoms with E-state index in [1.165, 1.54) is 11.0 Å². The van der Waals surface area contributed by atoms with Gasteiger partial charge in [-0.05, 0) is 35.4 Å². The van der Waals surface area contributed by atoms with Crippen molar-refractivity contribution in [1.82, 2.24) is 35.4 Å². The van der Waals surface area contributed by atoms with E-state index in [1.54, 1.807) is 18.1 Å². The van der Waals surface area contributed by atoms with Gasteiger partial charge >= 0.3 is 0 Å². The Morgan fingerprint density at radius 1 is 1.37 bits per heavy atom. The minimum Gasteiger partial charge on any atom is -0.391 e. The monoisotopic (exact) mass is 373 g/mol. The van der Waals surface area contributed by atoms with Gasteiger partial charge in [0.1, 0.15) is 12.9 Å². The summed E-state index contributed by atoms with van der Waals surface area (Å²) in [4.78, 5) is 30.6. The topological polar surface area (TPSA) is 126 Å². The number of rotatable bonds is 7. The van der Waals surface area contributed by atoms with E-state index in [0.717, 1.165) is 5.69 Å². The molecule has 1 aliphatic rings. The number of aliphatic hydroxyl groups is 1. The maximum absolute atomic E-state index is 12.7. The first-order chi connectivity index (χ1) is 13.0. The van der Waals surface area contributed by atoms with E-state index in [9.17, 15) is 14.7 Å². The largest absolute Gasteiger partial charge is 0.391 e. The number of carbonyl (C=O) groups is 2. The molecule has 144 valence electrons. The molecule has 1 saturated carbocycles. The van der Waals surface area contributed by atoms with Crippen LogP contribution in [0.1, 0.15) is 18.5 Å². The van der Waals surface area contributed by atoms with Crippen LogP contribution in [0.15, 0.2) is 30.7 Å². The highest BCUT2D eigenvalue weighted by atomic mass is 16.3. The molecule has 0 spiro atoms. The summed E-state index contributed by atoms with van der Waals surface area (Å²) < 4.78 is 1.30. The predicted octanol–water partition coefficient (Wildman–Crippen LogP) is -0.975. The number of nitrogens with zero attached hydrogens (tertiary/aromatic N) is 6. The third-order valence-electron chi connectivity index (χ3n) is 4.73. The van der Waals surface area contributed by atoms with Crippen LogP contribution in [0.4, 0.5) is 0 Å². The van der Waals surface area contributed by atoms with E-state index in [1.807, 2.05) is 18.2 Å². The summed E-state index contributed by atoms with van der Waals surface area (Å²) in [5, 5.41) is 23.5. The molecule has 3 atom stereocenters. The molecule has 0 aliphatic heterocycles.